The lowest BCUT2D eigenvalue weighted by Crippen LogP contribution is -2.59. The van der Waals surface area contributed by atoms with Gasteiger partial charge in [0.2, 0.25) is 23.9 Å². The number of methoxy groups -OCH3 is 1. The molecule has 5 rings (SSSR count). The largest absolute Gasteiger partial charge is 0.490 e. The van der Waals surface area contributed by atoms with Crippen LogP contribution in [0.25, 0.3) is 32.7 Å². The summed E-state index contributed by atoms with van der Waals surface area (Å²) in [6, 6.07) is 2.27. The maximum atomic E-state index is 13.4. The van der Waals surface area contributed by atoms with Crippen LogP contribution in [0.15, 0.2) is 30.6 Å². The molecule has 0 aliphatic carbocycles. The van der Waals surface area contributed by atoms with Gasteiger partial charge in [0.1, 0.15) is 0 Å². The minimum absolute atomic E-state index is 0.00408. The van der Waals surface area contributed by atoms with E-state index in [-0.39, 0.29) is 38.6 Å². The number of hydrogen-bond acceptors (Lipinski definition) is 17. The summed E-state index contributed by atoms with van der Waals surface area (Å²) in [4.78, 5) is 86.6. The second-order valence-electron chi connectivity index (χ2n) is 10.2. The Kier molecular flexibility index (Phi) is 8.75. The summed E-state index contributed by atoms with van der Waals surface area (Å²) in [6.07, 6.45) is -5.86. The van der Waals surface area contributed by atoms with E-state index in [1.807, 2.05) is 0 Å². The van der Waals surface area contributed by atoms with E-state index in [1.165, 1.54) is 7.11 Å². The zero-order valence-electron chi connectivity index (χ0n) is 25.6. The molecule has 0 spiro atoms. The predicted molar refractivity (Wildman–Crippen MR) is 153 cm³/mol. The molecule has 1 aliphatic heterocycles. The van der Waals surface area contributed by atoms with E-state index in [4.69, 9.17) is 46.7 Å². The first-order valence-corrected chi connectivity index (χ1v) is 13.8. The summed E-state index contributed by atoms with van der Waals surface area (Å²) in [5, 5.41) is -0.448. The zero-order valence-corrected chi connectivity index (χ0v) is 25.6. The summed E-state index contributed by atoms with van der Waals surface area (Å²) in [6.45, 7) is 4.97. The van der Waals surface area contributed by atoms with Crippen LogP contribution in [0, 0.1) is 0 Å². The number of rotatable bonds is 8. The van der Waals surface area contributed by atoms with Crippen LogP contribution in [0.1, 0.15) is 34.6 Å². The molecule has 0 saturated carbocycles. The maximum absolute atomic E-state index is 13.4. The first kappa shape index (κ1) is 32.7. The van der Waals surface area contributed by atoms with Gasteiger partial charge < -0.3 is 46.7 Å². The third-order valence-electron chi connectivity index (χ3n) is 6.73. The van der Waals surface area contributed by atoms with E-state index in [0.717, 1.165) is 46.8 Å². The van der Waals surface area contributed by atoms with E-state index < -0.39 is 89.4 Å². The van der Waals surface area contributed by atoms with Gasteiger partial charge >= 0.3 is 41.1 Å². The van der Waals surface area contributed by atoms with Crippen molar-refractivity contribution in [1.29, 1.82) is 0 Å². The Bertz CT molecular complexity index is 2050. The van der Waals surface area contributed by atoms with Gasteiger partial charge in [-0.1, -0.05) is 0 Å². The van der Waals surface area contributed by atoms with Gasteiger partial charge in [0, 0.05) is 51.5 Å². The molecule has 4 unspecified atom stereocenters. The van der Waals surface area contributed by atoms with Crippen LogP contribution in [0.2, 0.25) is 0 Å². The van der Waals surface area contributed by atoms with Gasteiger partial charge in [0.05, 0.1) is 24.5 Å². The number of carbonyl (C=O) groups is 5. The Morgan fingerprint density at radius 2 is 1.17 bits per heavy atom. The highest BCUT2D eigenvalue weighted by Crippen LogP contribution is 2.46. The second kappa shape index (κ2) is 12.6. The topological polar surface area (TPSA) is 220 Å². The highest BCUT2D eigenvalue weighted by Gasteiger charge is 2.48. The van der Waals surface area contributed by atoms with Crippen molar-refractivity contribution < 1.29 is 70.7 Å². The van der Waals surface area contributed by atoms with Crippen molar-refractivity contribution in [3.63, 3.8) is 0 Å². The molecule has 17 heteroatoms. The lowest BCUT2D eigenvalue weighted by Gasteiger charge is -2.40. The van der Waals surface area contributed by atoms with E-state index in [9.17, 15) is 33.6 Å². The fraction of sp³-hybridized carbons (Fsp3) is 0.367. The van der Waals surface area contributed by atoms with Gasteiger partial charge in [-0.25, -0.2) is 9.59 Å². The molecule has 1 fully saturated rings. The molecule has 1 aliphatic rings. The average Bonchev–Trinajstić information content (AvgIpc) is 2.95. The quantitative estimate of drug-likeness (QED) is 0.0867. The van der Waals surface area contributed by atoms with Gasteiger partial charge in [-0.2, -0.15) is 0 Å². The molecular formula is C30H26O17. The molecule has 3 heterocycles. The van der Waals surface area contributed by atoms with Crippen LogP contribution in [-0.2, 0) is 42.9 Å². The highest BCUT2D eigenvalue weighted by atomic mass is 16.7. The van der Waals surface area contributed by atoms with Gasteiger partial charge in [0.15, 0.2) is 34.9 Å². The van der Waals surface area contributed by atoms with Gasteiger partial charge in [-0.05, 0) is 6.07 Å². The first-order valence-electron chi connectivity index (χ1n) is 13.8. The average molecular weight is 659 g/mol. The molecule has 2 aromatic heterocycles. The third kappa shape index (κ3) is 6.24. The summed E-state index contributed by atoms with van der Waals surface area (Å²) >= 11 is 0. The highest BCUT2D eigenvalue weighted by molar-refractivity contribution is 6.22. The number of ether oxygens (including phenoxy) is 8. The van der Waals surface area contributed by atoms with Crippen LogP contribution in [0.3, 0.4) is 0 Å². The summed E-state index contributed by atoms with van der Waals surface area (Å²) < 4.78 is 54.6. The monoisotopic (exact) mass is 658 g/mol. The Labute approximate surface area is 262 Å². The molecule has 0 radical (unpaired) electrons. The second-order valence-corrected chi connectivity index (χ2v) is 10.2. The smallest absolute Gasteiger partial charge is 0.344 e. The normalized spacial score (nSPS) is 19.3. The molecular weight excluding hydrogens is 632 g/mol. The van der Waals surface area contributed by atoms with E-state index in [1.54, 1.807) is 0 Å². The van der Waals surface area contributed by atoms with Gasteiger partial charge in [-0.3, -0.25) is 24.0 Å². The first-order chi connectivity index (χ1) is 22.2. The standard InChI is InChI=1S/C30H26O17/c1-10(31)40-17-7-15-20-21-16(28(36)46-25(20)22(17)38-6)8-18(23(42-12(3)33)26(21)47-29(15)37)45-30-27(44-14(5)35)24(43-13(4)34)19(9-39-30)41-11(2)32/h7-8,19,24,27,30H,9H2,1-6H3. The Balaban J connectivity index is 1.75. The fourth-order valence-electron chi connectivity index (χ4n) is 5.23. The number of benzene rings is 2. The molecule has 4 aromatic rings. The Morgan fingerprint density at radius 1 is 0.660 bits per heavy atom. The lowest BCUT2D eigenvalue weighted by molar-refractivity contribution is -0.260. The lowest BCUT2D eigenvalue weighted by atomic mass is 10.0. The van der Waals surface area contributed by atoms with Gasteiger partial charge in [0.25, 0.3) is 0 Å². The van der Waals surface area contributed by atoms with E-state index >= 15 is 0 Å². The van der Waals surface area contributed by atoms with Crippen molar-refractivity contribution in [3.05, 3.63) is 33.0 Å². The van der Waals surface area contributed by atoms with Crippen LogP contribution in [-0.4, -0.2) is 68.2 Å². The maximum Gasteiger partial charge on any atom is 0.344 e. The van der Waals surface area contributed by atoms with E-state index in [2.05, 4.69) is 0 Å². The van der Waals surface area contributed by atoms with Crippen molar-refractivity contribution >= 4 is 62.6 Å². The van der Waals surface area contributed by atoms with Crippen molar-refractivity contribution in [2.45, 2.75) is 59.2 Å². The van der Waals surface area contributed by atoms with Crippen LogP contribution < -0.4 is 30.2 Å². The van der Waals surface area contributed by atoms with Crippen LogP contribution in [0.4, 0.5) is 0 Å². The van der Waals surface area contributed by atoms with Crippen LogP contribution in [0.5, 0.6) is 23.0 Å². The molecule has 1 saturated heterocycles. The molecule has 0 N–H and O–H groups in total. The van der Waals surface area contributed by atoms with Crippen molar-refractivity contribution in [3.8, 4) is 23.0 Å². The minimum atomic E-state index is -1.64. The van der Waals surface area contributed by atoms with Crippen molar-refractivity contribution in [2.24, 2.45) is 0 Å². The van der Waals surface area contributed by atoms with E-state index in [0.29, 0.717) is 0 Å². The molecule has 17 nitrogen and oxygen atoms in total. The molecule has 0 amide bonds. The summed E-state index contributed by atoms with van der Waals surface area (Å²) in [5.74, 6) is -5.43. The molecule has 47 heavy (non-hydrogen) atoms. The molecule has 2 aromatic carbocycles. The predicted octanol–water partition coefficient (Wildman–Crippen LogP) is 1.88. The summed E-state index contributed by atoms with van der Waals surface area (Å²) in [5.41, 5.74) is -2.74. The molecule has 0 bridgehead atoms. The third-order valence-corrected chi connectivity index (χ3v) is 6.73. The fourth-order valence-corrected chi connectivity index (χ4v) is 5.23. The van der Waals surface area contributed by atoms with Crippen molar-refractivity contribution in [2.75, 3.05) is 13.7 Å². The molecule has 4 atom stereocenters. The Hall–Kier alpha value is -5.71. The van der Waals surface area contributed by atoms with Crippen molar-refractivity contribution in [1.82, 2.24) is 0 Å². The number of esters is 5. The SMILES string of the molecule is COc1c(OC(C)=O)cc2c(=O)oc3c(OC(C)=O)c(OC4OCC(OC(C)=O)C(OC(C)=O)C4OC(C)=O)cc4c(=O)oc1c2c34. The Morgan fingerprint density at radius 3 is 1.68 bits per heavy atom. The summed E-state index contributed by atoms with van der Waals surface area (Å²) in [7, 11) is 1.22. The van der Waals surface area contributed by atoms with Gasteiger partial charge in [-0.15, -0.1) is 0 Å². The zero-order chi connectivity index (χ0) is 34.3. The minimum Gasteiger partial charge on any atom is -0.490 e. The number of hydrogen-bond donors (Lipinski definition) is 0. The van der Waals surface area contributed by atoms with Crippen LogP contribution >= 0.6 is 0 Å². The molecule has 248 valence electrons. The number of carbonyl (C=O) groups excluding carboxylic acids is 5.